The first-order chi connectivity index (χ1) is 8.22. The second kappa shape index (κ2) is 4.71. The van der Waals surface area contributed by atoms with Gasteiger partial charge in [0.1, 0.15) is 11.8 Å². The zero-order valence-corrected chi connectivity index (χ0v) is 9.57. The fourth-order valence-corrected chi connectivity index (χ4v) is 1.89. The van der Waals surface area contributed by atoms with Gasteiger partial charge in [0.2, 0.25) is 0 Å². The van der Waals surface area contributed by atoms with Crippen LogP contribution < -0.4 is 0 Å². The molecule has 0 spiro atoms. The molecule has 0 amide bonds. The van der Waals surface area contributed by atoms with E-state index < -0.39 is 0 Å². The Morgan fingerprint density at radius 2 is 2.18 bits per heavy atom. The minimum absolute atomic E-state index is 0.0189. The minimum Gasteiger partial charge on any atom is -0.479 e. The van der Waals surface area contributed by atoms with Gasteiger partial charge < -0.3 is 4.74 Å². The van der Waals surface area contributed by atoms with Gasteiger partial charge in [-0.05, 0) is 29.2 Å². The Hall–Kier alpha value is -2.27. The molecule has 0 radical (unpaired) electrons. The lowest BCUT2D eigenvalue weighted by molar-refractivity contribution is 0.264. The molecule has 1 aromatic rings. The second-order valence-electron chi connectivity index (χ2n) is 3.91. The van der Waals surface area contributed by atoms with E-state index in [9.17, 15) is 0 Å². The van der Waals surface area contributed by atoms with Crippen LogP contribution in [0.25, 0.3) is 6.08 Å². The molecule has 0 bridgehead atoms. The molecule has 1 aliphatic carbocycles. The van der Waals surface area contributed by atoms with Crippen LogP contribution in [0.5, 0.6) is 0 Å². The van der Waals surface area contributed by atoms with E-state index in [1.165, 1.54) is 5.56 Å². The van der Waals surface area contributed by atoms with Crippen LogP contribution in [0.4, 0.5) is 0 Å². The van der Waals surface area contributed by atoms with E-state index in [2.05, 4.69) is 25.3 Å². The number of fused-ring (bicyclic) bond motifs is 1. The SMILES string of the molecule is C=C1Cc2ccccc2C=C1C(=C)OCC#N. The van der Waals surface area contributed by atoms with Gasteiger partial charge in [-0.2, -0.15) is 5.26 Å². The summed E-state index contributed by atoms with van der Waals surface area (Å²) in [6, 6.07) is 10.1. The van der Waals surface area contributed by atoms with Gasteiger partial charge in [0, 0.05) is 5.57 Å². The van der Waals surface area contributed by atoms with E-state index in [0.29, 0.717) is 5.76 Å². The molecule has 2 heteroatoms. The molecule has 2 rings (SSSR count). The fourth-order valence-electron chi connectivity index (χ4n) is 1.89. The third kappa shape index (κ3) is 2.29. The quantitative estimate of drug-likeness (QED) is 0.737. The molecule has 0 aromatic heterocycles. The van der Waals surface area contributed by atoms with Crippen molar-refractivity contribution in [2.75, 3.05) is 6.61 Å². The second-order valence-corrected chi connectivity index (χ2v) is 3.91. The van der Waals surface area contributed by atoms with Crippen molar-refractivity contribution < 1.29 is 4.74 Å². The Morgan fingerprint density at radius 1 is 1.41 bits per heavy atom. The highest BCUT2D eigenvalue weighted by Gasteiger charge is 2.16. The summed E-state index contributed by atoms with van der Waals surface area (Å²) in [5.74, 6) is 0.519. The zero-order valence-electron chi connectivity index (χ0n) is 9.57. The zero-order chi connectivity index (χ0) is 12.3. The highest BCUT2D eigenvalue weighted by Crippen LogP contribution is 2.30. The molecule has 84 valence electrons. The molecule has 0 unspecified atom stereocenters. The van der Waals surface area contributed by atoms with Crippen molar-refractivity contribution in [1.29, 1.82) is 5.26 Å². The van der Waals surface area contributed by atoms with Gasteiger partial charge in [-0.25, -0.2) is 0 Å². The number of hydrogen-bond donors (Lipinski definition) is 0. The van der Waals surface area contributed by atoms with Crippen molar-refractivity contribution in [2.24, 2.45) is 0 Å². The van der Waals surface area contributed by atoms with E-state index in [1.807, 2.05) is 24.3 Å². The van der Waals surface area contributed by atoms with E-state index in [0.717, 1.165) is 23.1 Å². The first-order valence-corrected chi connectivity index (χ1v) is 5.39. The van der Waals surface area contributed by atoms with Crippen LogP contribution in [0.2, 0.25) is 0 Å². The maximum atomic E-state index is 8.48. The van der Waals surface area contributed by atoms with Crippen LogP contribution in [0.3, 0.4) is 0 Å². The predicted octanol–water partition coefficient (Wildman–Crippen LogP) is 3.24. The van der Waals surface area contributed by atoms with Crippen molar-refractivity contribution in [2.45, 2.75) is 6.42 Å². The molecule has 2 nitrogen and oxygen atoms in total. The molecule has 0 aliphatic heterocycles. The van der Waals surface area contributed by atoms with Crippen LogP contribution in [0.15, 0.2) is 54.3 Å². The molecule has 0 atom stereocenters. The summed E-state index contributed by atoms with van der Waals surface area (Å²) in [5, 5.41) is 8.48. The van der Waals surface area contributed by atoms with Crippen LogP contribution in [-0.2, 0) is 11.2 Å². The smallest absolute Gasteiger partial charge is 0.174 e. The molecule has 1 aromatic carbocycles. The summed E-state index contributed by atoms with van der Waals surface area (Å²) < 4.78 is 5.23. The van der Waals surface area contributed by atoms with Crippen molar-refractivity contribution in [1.82, 2.24) is 0 Å². The molecule has 1 aliphatic rings. The maximum absolute atomic E-state index is 8.48. The van der Waals surface area contributed by atoms with Gasteiger partial charge in [-0.3, -0.25) is 0 Å². The predicted molar refractivity (Wildman–Crippen MR) is 68.0 cm³/mol. The molecule has 0 N–H and O–H groups in total. The molecular weight excluding hydrogens is 210 g/mol. The van der Waals surface area contributed by atoms with Crippen molar-refractivity contribution in [3.05, 3.63) is 65.5 Å². The lowest BCUT2D eigenvalue weighted by atomic mass is 9.88. The summed E-state index contributed by atoms with van der Waals surface area (Å²) >= 11 is 0. The fraction of sp³-hybridized carbons (Fsp3) is 0.133. The van der Waals surface area contributed by atoms with Gasteiger partial charge in [-0.1, -0.05) is 37.4 Å². The third-order valence-corrected chi connectivity index (χ3v) is 2.75. The Morgan fingerprint density at radius 3 is 2.94 bits per heavy atom. The molecule has 0 saturated heterocycles. The largest absolute Gasteiger partial charge is 0.479 e. The highest BCUT2D eigenvalue weighted by molar-refractivity contribution is 5.69. The van der Waals surface area contributed by atoms with Gasteiger partial charge in [0.15, 0.2) is 6.61 Å². The summed E-state index contributed by atoms with van der Waals surface area (Å²) in [6.45, 7) is 7.89. The van der Waals surface area contributed by atoms with E-state index in [4.69, 9.17) is 10.00 Å². The summed E-state index contributed by atoms with van der Waals surface area (Å²) in [5.41, 5.74) is 4.30. The number of nitriles is 1. The van der Waals surface area contributed by atoms with Crippen LogP contribution in [-0.4, -0.2) is 6.61 Å². The van der Waals surface area contributed by atoms with Gasteiger partial charge >= 0.3 is 0 Å². The topological polar surface area (TPSA) is 33.0 Å². The first kappa shape index (κ1) is 11.2. The van der Waals surface area contributed by atoms with Crippen molar-refractivity contribution in [3.8, 4) is 6.07 Å². The van der Waals surface area contributed by atoms with E-state index in [1.54, 1.807) is 0 Å². The molecule has 17 heavy (non-hydrogen) atoms. The van der Waals surface area contributed by atoms with Gasteiger partial charge in [-0.15, -0.1) is 0 Å². The number of hydrogen-bond acceptors (Lipinski definition) is 2. The summed E-state index contributed by atoms with van der Waals surface area (Å²) in [4.78, 5) is 0. The third-order valence-electron chi connectivity index (χ3n) is 2.75. The number of allylic oxidation sites excluding steroid dienone is 1. The number of ether oxygens (including phenoxy) is 1. The van der Waals surface area contributed by atoms with Crippen LogP contribution >= 0.6 is 0 Å². The average Bonchev–Trinajstić information content (AvgIpc) is 2.35. The normalized spacial score (nSPS) is 13.4. The molecule has 0 fully saturated rings. The number of benzene rings is 1. The first-order valence-electron chi connectivity index (χ1n) is 5.39. The Labute approximate surface area is 101 Å². The van der Waals surface area contributed by atoms with E-state index in [-0.39, 0.29) is 6.61 Å². The number of rotatable bonds is 3. The Balaban J connectivity index is 2.30. The average molecular weight is 223 g/mol. The Kier molecular flexibility index (Phi) is 3.11. The monoisotopic (exact) mass is 223 g/mol. The van der Waals surface area contributed by atoms with Crippen LogP contribution in [0, 0.1) is 11.3 Å². The summed E-state index contributed by atoms with van der Waals surface area (Å²) in [7, 11) is 0. The lowest BCUT2D eigenvalue weighted by Crippen LogP contribution is -2.05. The van der Waals surface area contributed by atoms with Gasteiger partial charge in [0.05, 0.1) is 0 Å². The number of nitrogens with zero attached hydrogens (tertiary/aromatic N) is 1. The molecular formula is C15H13NO. The maximum Gasteiger partial charge on any atom is 0.174 e. The Bertz CT molecular complexity index is 546. The standard InChI is InChI=1S/C15H13NO/c1-11-9-13-5-3-4-6-14(13)10-15(11)12(2)17-8-7-16/h3-6,10H,1-2,8-9H2. The van der Waals surface area contributed by atoms with Crippen molar-refractivity contribution in [3.63, 3.8) is 0 Å². The molecule has 0 saturated carbocycles. The van der Waals surface area contributed by atoms with Gasteiger partial charge in [0.25, 0.3) is 0 Å². The highest BCUT2D eigenvalue weighted by atomic mass is 16.5. The van der Waals surface area contributed by atoms with Crippen molar-refractivity contribution >= 4 is 6.08 Å². The summed E-state index contributed by atoms with van der Waals surface area (Å²) in [6.07, 6.45) is 2.82. The minimum atomic E-state index is 0.0189. The van der Waals surface area contributed by atoms with Crippen LogP contribution in [0.1, 0.15) is 11.1 Å². The lowest BCUT2D eigenvalue weighted by Gasteiger charge is -2.20. The van der Waals surface area contributed by atoms with E-state index >= 15 is 0 Å². The molecule has 0 heterocycles.